The quantitative estimate of drug-likeness (QED) is 0.575. The zero-order chi connectivity index (χ0) is 21.6. The lowest BCUT2D eigenvalue weighted by Crippen LogP contribution is -2.25. The third kappa shape index (κ3) is 3.95. The van der Waals surface area contributed by atoms with Crippen molar-refractivity contribution >= 4 is 11.6 Å². The fraction of sp³-hybridized carbons (Fsp3) is 0.333. The zero-order valence-corrected chi connectivity index (χ0v) is 18.7. The maximum Gasteiger partial charge on any atom is 0.0946 e. The third-order valence-electron chi connectivity index (χ3n) is 6.72. The minimum Gasteiger partial charge on any atom is -0.377 e. The molecular formula is C27H30N4. The van der Waals surface area contributed by atoms with Crippen LogP contribution in [0, 0.1) is 12.3 Å². The molecule has 1 unspecified atom stereocenters. The highest BCUT2D eigenvalue weighted by Crippen LogP contribution is 2.50. The Bertz CT molecular complexity index is 1180. The first-order chi connectivity index (χ1) is 14.9. The number of aryl methyl sites for hydroxylation is 2. The Morgan fingerprint density at radius 3 is 2.87 bits per heavy atom. The van der Waals surface area contributed by atoms with Gasteiger partial charge in [0.25, 0.3) is 0 Å². The lowest BCUT2D eigenvalue weighted by atomic mass is 9.90. The van der Waals surface area contributed by atoms with Crippen LogP contribution in [0.1, 0.15) is 65.9 Å². The van der Waals surface area contributed by atoms with Gasteiger partial charge in [0.05, 0.1) is 30.0 Å². The van der Waals surface area contributed by atoms with Gasteiger partial charge in [0.2, 0.25) is 0 Å². The average molecular weight is 411 g/mol. The Morgan fingerprint density at radius 1 is 1.29 bits per heavy atom. The van der Waals surface area contributed by atoms with E-state index in [1.807, 2.05) is 24.8 Å². The summed E-state index contributed by atoms with van der Waals surface area (Å²) in [6, 6.07) is 10.9. The molecule has 4 nitrogen and oxygen atoms in total. The van der Waals surface area contributed by atoms with Crippen LogP contribution in [0.2, 0.25) is 0 Å². The van der Waals surface area contributed by atoms with Crippen LogP contribution in [0.25, 0.3) is 11.6 Å². The minimum absolute atomic E-state index is 0.0333. The van der Waals surface area contributed by atoms with Crippen molar-refractivity contribution in [3.8, 4) is 0 Å². The van der Waals surface area contributed by atoms with E-state index < -0.39 is 0 Å². The molecule has 1 aromatic carbocycles. The van der Waals surface area contributed by atoms with E-state index in [2.05, 4.69) is 72.7 Å². The summed E-state index contributed by atoms with van der Waals surface area (Å²) in [5, 5.41) is 3.80. The van der Waals surface area contributed by atoms with E-state index in [9.17, 15) is 0 Å². The molecule has 5 rings (SSSR count). The number of benzene rings is 1. The van der Waals surface area contributed by atoms with Crippen LogP contribution in [-0.4, -0.2) is 14.5 Å². The molecule has 4 heteroatoms. The summed E-state index contributed by atoms with van der Waals surface area (Å²) in [5.74, 6) is 0. The molecule has 158 valence electrons. The van der Waals surface area contributed by atoms with Gasteiger partial charge in [-0.1, -0.05) is 43.3 Å². The van der Waals surface area contributed by atoms with Crippen LogP contribution >= 0.6 is 0 Å². The minimum atomic E-state index is -0.0333. The highest BCUT2D eigenvalue weighted by Gasteiger charge is 2.38. The van der Waals surface area contributed by atoms with Crippen LogP contribution < -0.4 is 5.32 Å². The molecule has 1 N–H and O–H groups in total. The van der Waals surface area contributed by atoms with E-state index in [1.165, 1.54) is 40.7 Å². The zero-order valence-electron chi connectivity index (χ0n) is 18.7. The third-order valence-corrected chi connectivity index (χ3v) is 6.72. The first kappa shape index (κ1) is 19.8. The summed E-state index contributed by atoms with van der Waals surface area (Å²) >= 11 is 0. The SMILES string of the molecule is C=C(CC1(C)CC1)NC(C1=Cc2cccnc2Cc2ccc(C)cc21)c1cncn1C. The van der Waals surface area contributed by atoms with E-state index in [0.717, 1.165) is 29.9 Å². The van der Waals surface area contributed by atoms with Crippen molar-refractivity contribution in [1.29, 1.82) is 0 Å². The molecular weight excluding hydrogens is 380 g/mol. The predicted molar refractivity (Wildman–Crippen MR) is 126 cm³/mol. The van der Waals surface area contributed by atoms with E-state index in [4.69, 9.17) is 4.98 Å². The molecule has 0 spiro atoms. The number of nitrogens with zero attached hydrogens (tertiary/aromatic N) is 3. The molecule has 0 saturated heterocycles. The maximum absolute atomic E-state index is 4.69. The summed E-state index contributed by atoms with van der Waals surface area (Å²) in [6.07, 6.45) is 12.5. The van der Waals surface area contributed by atoms with Gasteiger partial charge < -0.3 is 9.88 Å². The van der Waals surface area contributed by atoms with Crippen molar-refractivity contribution in [2.75, 3.05) is 0 Å². The molecule has 3 aromatic rings. The Morgan fingerprint density at radius 2 is 2.13 bits per heavy atom. The molecule has 0 amide bonds. The summed E-state index contributed by atoms with van der Waals surface area (Å²) in [6.45, 7) is 8.93. The van der Waals surface area contributed by atoms with Crippen molar-refractivity contribution < 1.29 is 0 Å². The monoisotopic (exact) mass is 410 g/mol. The average Bonchev–Trinajstić information content (AvgIpc) is 3.35. The van der Waals surface area contributed by atoms with E-state index in [1.54, 1.807) is 0 Å². The van der Waals surface area contributed by atoms with E-state index in [-0.39, 0.29) is 6.04 Å². The second-order valence-corrected chi connectivity index (χ2v) is 9.57. The van der Waals surface area contributed by atoms with E-state index >= 15 is 0 Å². The molecule has 2 heterocycles. The van der Waals surface area contributed by atoms with Gasteiger partial charge in [-0.05, 0) is 66.0 Å². The van der Waals surface area contributed by atoms with Gasteiger partial charge in [-0.25, -0.2) is 4.98 Å². The number of pyridine rings is 1. The number of rotatable bonds is 6. The lowest BCUT2D eigenvalue weighted by molar-refractivity contribution is 0.526. The highest BCUT2D eigenvalue weighted by atomic mass is 15.1. The topological polar surface area (TPSA) is 42.7 Å². The van der Waals surface area contributed by atoms with Gasteiger partial charge >= 0.3 is 0 Å². The van der Waals surface area contributed by atoms with Crippen molar-refractivity contribution in [2.45, 2.75) is 45.6 Å². The molecule has 31 heavy (non-hydrogen) atoms. The largest absolute Gasteiger partial charge is 0.377 e. The fourth-order valence-electron chi connectivity index (χ4n) is 4.62. The Hall–Kier alpha value is -3.14. The Balaban J connectivity index is 1.65. The summed E-state index contributed by atoms with van der Waals surface area (Å²) < 4.78 is 2.11. The smallest absolute Gasteiger partial charge is 0.0946 e. The number of hydrogen-bond acceptors (Lipinski definition) is 3. The molecule has 0 bridgehead atoms. The predicted octanol–water partition coefficient (Wildman–Crippen LogP) is 5.60. The fourth-order valence-corrected chi connectivity index (χ4v) is 4.62. The summed E-state index contributed by atoms with van der Waals surface area (Å²) in [4.78, 5) is 9.12. The molecule has 1 saturated carbocycles. The lowest BCUT2D eigenvalue weighted by Gasteiger charge is -2.27. The number of allylic oxidation sites excluding steroid dienone is 1. The second kappa shape index (κ2) is 7.52. The van der Waals surface area contributed by atoms with Crippen molar-refractivity contribution in [3.05, 3.63) is 95.0 Å². The second-order valence-electron chi connectivity index (χ2n) is 9.57. The van der Waals surface area contributed by atoms with E-state index in [0.29, 0.717) is 5.41 Å². The van der Waals surface area contributed by atoms with Crippen molar-refractivity contribution in [3.63, 3.8) is 0 Å². The molecule has 2 aliphatic carbocycles. The van der Waals surface area contributed by atoms with Crippen LogP contribution in [0.5, 0.6) is 0 Å². The Labute approximate surface area is 184 Å². The number of aromatic nitrogens is 3. The molecule has 2 aliphatic rings. The van der Waals surface area contributed by atoms with Crippen molar-refractivity contribution in [2.24, 2.45) is 12.5 Å². The van der Waals surface area contributed by atoms with Gasteiger partial charge in [-0.2, -0.15) is 0 Å². The summed E-state index contributed by atoms with van der Waals surface area (Å²) in [7, 11) is 2.06. The normalized spacial score (nSPS) is 17.1. The number of imidazole rings is 1. The highest BCUT2D eigenvalue weighted by molar-refractivity contribution is 5.88. The first-order valence-corrected chi connectivity index (χ1v) is 11.1. The van der Waals surface area contributed by atoms with Gasteiger partial charge in [0.1, 0.15) is 0 Å². The molecule has 0 radical (unpaired) electrons. The van der Waals surface area contributed by atoms with Gasteiger partial charge in [-0.3, -0.25) is 4.98 Å². The van der Waals surface area contributed by atoms with Crippen LogP contribution in [0.4, 0.5) is 0 Å². The number of hydrogen-bond donors (Lipinski definition) is 1. The first-order valence-electron chi connectivity index (χ1n) is 11.1. The van der Waals surface area contributed by atoms with Crippen LogP contribution in [0.15, 0.2) is 61.3 Å². The summed E-state index contributed by atoms with van der Waals surface area (Å²) in [5.41, 5.74) is 10.0. The van der Waals surface area contributed by atoms with Crippen molar-refractivity contribution in [1.82, 2.24) is 19.9 Å². The molecule has 2 aromatic heterocycles. The van der Waals surface area contributed by atoms with Gasteiger partial charge in [0.15, 0.2) is 0 Å². The standard InChI is InChI=1S/C27H30N4/c1-18-7-8-20-14-24-21(6-5-11-29-24)13-23(22(20)12-18)26(25-16-28-17-31(25)4)30-19(2)15-27(3)9-10-27/h5-8,11-13,16-17,26,30H,2,9-10,14-15H2,1,3-4H3. The molecule has 1 fully saturated rings. The number of nitrogens with one attached hydrogen (secondary N) is 1. The number of fused-ring (bicyclic) bond motifs is 2. The molecule has 0 aliphatic heterocycles. The van der Waals surface area contributed by atoms with Crippen LogP contribution in [-0.2, 0) is 13.5 Å². The Kier molecular flexibility index (Phi) is 4.81. The molecule has 1 atom stereocenters. The van der Waals surface area contributed by atoms with Crippen LogP contribution in [0.3, 0.4) is 0 Å². The van der Waals surface area contributed by atoms with Gasteiger partial charge in [0, 0.05) is 25.4 Å². The maximum atomic E-state index is 4.69. The van der Waals surface area contributed by atoms with Gasteiger partial charge in [-0.15, -0.1) is 0 Å².